The molecule has 0 spiro atoms. The van der Waals surface area contributed by atoms with Gasteiger partial charge in [0.25, 0.3) is 0 Å². The molecule has 0 aliphatic heterocycles. The van der Waals surface area contributed by atoms with Crippen LogP contribution in [0.5, 0.6) is 0 Å². The lowest BCUT2D eigenvalue weighted by Gasteiger charge is -2.02. The normalized spacial score (nSPS) is 12.9. The minimum atomic E-state index is 0.844. The summed E-state index contributed by atoms with van der Waals surface area (Å²) >= 11 is 0. The van der Waals surface area contributed by atoms with Gasteiger partial charge in [0, 0.05) is 21.5 Å². The van der Waals surface area contributed by atoms with E-state index >= 15 is 0 Å². The van der Waals surface area contributed by atoms with Crippen LogP contribution in [0.3, 0.4) is 0 Å². The molecule has 170 valence electrons. The number of rotatable bonds is 0. The van der Waals surface area contributed by atoms with Crippen LogP contribution in [0.15, 0.2) is 99.8 Å². The van der Waals surface area contributed by atoms with Crippen LogP contribution in [-0.2, 0) is 0 Å². The molecule has 0 amide bonds. The molecule has 0 bridgehead atoms. The molecule has 0 N–H and O–H groups in total. The summed E-state index contributed by atoms with van der Waals surface area (Å²) in [6.07, 6.45) is 0. The Hall–Kier alpha value is -5.16. The molecule has 0 saturated carbocycles. The molecule has 5 nitrogen and oxygen atoms in total. The first-order valence-electron chi connectivity index (χ1n) is 12.4. The van der Waals surface area contributed by atoms with Crippen molar-refractivity contribution >= 4 is 93.3 Å². The molecule has 5 aromatic carbocycles. The maximum Gasteiger partial charge on any atom is 0.165 e. The van der Waals surface area contributed by atoms with Gasteiger partial charge in [0.2, 0.25) is 0 Å². The van der Waals surface area contributed by atoms with Crippen LogP contribution in [0.25, 0.3) is 93.3 Å². The second kappa shape index (κ2) is 5.97. The van der Waals surface area contributed by atoms with E-state index in [1.54, 1.807) is 0 Å². The van der Waals surface area contributed by atoms with Gasteiger partial charge < -0.3 is 8.83 Å². The Labute approximate surface area is 207 Å². The van der Waals surface area contributed by atoms with Crippen LogP contribution in [-0.4, -0.2) is 14.4 Å². The lowest BCUT2D eigenvalue weighted by Crippen LogP contribution is -1.89. The van der Waals surface area contributed by atoms with Crippen molar-refractivity contribution in [1.29, 1.82) is 0 Å². The van der Waals surface area contributed by atoms with E-state index in [-0.39, 0.29) is 0 Å². The number of fused-ring (bicyclic) bond motifs is 16. The number of nitrogens with zero attached hydrogens (tertiary/aromatic N) is 3. The molecule has 0 unspecified atom stereocenters. The molecule has 0 radical (unpaired) electrons. The lowest BCUT2D eigenvalue weighted by molar-refractivity contribution is 0.665. The highest BCUT2D eigenvalue weighted by atomic mass is 16.3. The number of aromatic nitrogens is 3. The minimum absolute atomic E-state index is 0.844. The third-order valence-electron chi connectivity index (χ3n) is 7.89. The average molecular weight is 473 g/mol. The van der Waals surface area contributed by atoms with Gasteiger partial charge in [-0.15, -0.1) is 0 Å². The van der Waals surface area contributed by atoms with E-state index in [2.05, 4.69) is 46.9 Å². The van der Waals surface area contributed by atoms with Gasteiger partial charge in [-0.25, -0.2) is 9.97 Å². The summed E-state index contributed by atoms with van der Waals surface area (Å²) in [4.78, 5) is 10.2. The highest BCUT2D eigenvalue weighted by Crippen LogP contribution is 2.49. The van der Waals surface area contributed by atoms with Crippen LogP contribution < -0.4 is 0 Å². The second-order valence-corrected chi connectivity index (χ2v) is 9.75. The van der Waals surface area contributed by atoms with Crippen molar-refractivity contribution in [2.24, 2.45) is 0 Å². The van der Waals surface area contributed by atoms with E-state index in [0.717, 1.165) is 93.3 Å². The standard InChI is InChI=1S/C32H15N3O2/c1-5-14-22-16(8-1)24-29-25(31-26(30(24)36-22)17-9-2-6-15-23(17)37-31)18-10-7-11-19-27-32(35(29)28(18)19)34-21-13-4-3-12-20(21)33-27/h1-15H. The number of furan rings is 2. The van der Waals surface area contributed by atoms with E-state index in [0.29, 0.717) is 0 Å². The van der Waals surface area contributed by atoms with Crippen molar-refractivity contribution in [1.82, 2.24) is 14.4 Å². The summed E-state index contributed by atoms with van der Waals surface area (Å²) in [5.41, 5.74) is 9.10. The molecule has 10 rings (SSSR count). The number of hydrogen-bond acceptors (Lipinski definition) is 4. The Morgan fingerprint density at radius 3 is 1.81 bits per heavy atom. The van der Waals surface area contributed by atoms with Crippen molar-refractivity contribution in [2.45, 2.75) is 0 Å². The summed E-state index contributed by atoms with van der Waals surface area (Å²) in [6, 6.07) is 31.0. The van der Waals surface area contributed by atoms with Crippen LogP contribution in [0, 0.1) is 0 Å². The van der Waals surface area contributed by atoms with Gasteiger partial charge in [-0.3, -0.25) is 4.40 Å². The Morgan fingerprint density at radius 2 is 1.05 bits per heavy atom. The fourth-order valence-corrected chi connectivity index (χ4v) is 6.44. The van der Waals surface area contributed by atoms with Crippen molar-refractivity contribution in [3.63, 3.8) is 0 Å². The maximum atomic E-state index is 6.60. The quantitative estimate of drug-likeness (QED) is 0.221. The molecule has 0 atom stereocenters. The van der Waals surface area contributed by atoms with E-state index in [4.69, 9.17) is 18.8 Å². The maximum absolute atomic E-state index is 6.60. The van der Waals surface area contributed by atoms with Crippen molar-refractivity contribution in [3.8, 4) is 0 Å². The second-order valence-electron chi connectivity index (χ2n) is 9.75. The van der Waals surface area contributed by atoms with Gasteiger partial charge in [-0.05, 0) is 24.3 Å². The van der Waals surface area contributed by atoms with E-state index in [1.807, 2.05) is 48.5 Å². The Bertz CT molecular complexity index is 2550. The smallest absolute Gasteiger partial charge is 0.165 e. The SMILES string of the molecule is c1ccc2nc3c(nc2c1)c1cccc2c4c5oc6ccccc6c5c5oc6ccccc6c5c4n3c12. The predicted octanol–water partition coefficient (Wildman–Crippen LogP) is 8.58. The van der Waals surface area contributed by atoms with Gasteiger partial charge in [-0.1, -0.05) is 66.7 Å². The molecule has 5 aromatic heterocycles. The fraction of sp³-hybridized carbons (Fsp3) is 0. The summed E-state index contributed by atoms with van der Waals surface area (Å²) in [5, 5.41) is 7.54. The van der Waals surface area contributed by atoms with Gasteiger partial charge >= 0.3 is 0 Å². The minimum Gasteiger partial charge on any atom is -0.455 e. The molecular weight excluding hydrogens is 458 g/mol. The summed E-state index contributed by atoms with van der Waals surface area (Å²) < 4.78 is 15.5. The Morgan fingerprint density at radius 1 is 0.486 bits per heavy atom. The molecule has 0 aliphatic carbocycles. The molecule has 5 heterocycles. The zero-order valence-corrected chi connectivity index (χ0v) is 19.3. The molecule has 0 aliphatic rings. The van der Waals surface area contributed by atoms with Crippen LogP contribution in [0.4, 0.5) is 0 Å². The number of benzene rings is 5. The molecule has 5 heteroatoms. The predicted molar refractivity (Wildman–Crippen MR) is 149 cm³/mol. The average Bonchev–Trinajstić information content (AvgIpc) is 3.67. The first-order valence-corrected chi connectivity index (χ1v) is 12.4. The third kappa shape index (κ3) is 1.98. The van der Waals surface area contributed by atoms with Crippen LogP contribution in [0.2, 0.25) is 0 Å². The zero-order chi connectivity index (χ0) is 23.8. The van der Waals surface area contributed by atoms with Crippen molar-refractivity contribution in [2.75, 3.05) is 0 Å². The summed E-state index contributed by atoms with van der Waals surface area (Å²) in [7, 11) is 0. The first-order chi connectivity index (χ1) is 18.4. The summed E-state index contributed by atoms with van der Waals surface area (Å²) in [6.45, 7) is 0. The molecule has 0 fully saturated rings. The molecule has 0 saturated heterocycles. The van der Waals surface area contributed by atoms with Crippen molar-refractivity contribution in [3.05, 3.63) is 91.0 Å². The highest BCUT2D eigenvalue weighted by Gasteiger charge is 2.28. The monoisotopic (exact) mass is 473 g/mol. The molecule has 10 aromatic rings. The Kier molecular flexibility index (Phi) is 2.93. The van der Waals surface area contributed by atoms with Gasteiger partial charge in [0.1, 0.15) is 27.8 Å². The largest absolute Gasteiger partial charge is 0.455 e. The first kappa shape index (κ1) is 18.2. The number of hydrogen-bond donors (Lipinski definition) is 0. The van der Waals surface area contributed by atoms with Gasteiger partial charge in [0.15, 0.2) is 5.65 Å². The Balaban J connectivity index is 1.63. The number of para-hydroxylation sites is 5. The van der Waals surface area contributed by atoms with Crippen LogP contribution in [0.1, 0.15) is 0 Å². The topological polar surface area (TPSA) is 56.5 Å². The molecular formula is C32H15N3O2. The highest BCUT2D eigenvalue weighted by molar-refractivity contribution is 6.39. The fourth-order valence-electron chi connectivity index (χ4n) is 6.44. The third-order valence-corrected chi connectivity index (χ3v) is 7.89. The molecule has 37 heavy (non-hydrogen) atoms. The van der Waals surface area contributed by atoms with Crippen LogP contribution >= 0.6 is 0 Å². The van der Waals surface area contributed by atoms with E-state index in [9.17, 15) is 0 Å². The van der Waals surface area contributed by atoms with E-state index < -0.39 is 0 Å². The lowest BCUT2D eigenvalue weighted by atomic mass is 10.0. The van der Waals surface area contributed by atoms with Gasteiger partial charge in [-0.2, -0.15) is 0 Å². The van der Waals surface area contributed by atoms with E-state index in [1.165, 1.54) is 0 Å². The summed E-state index contributed by atoms with van der Waals surface area (Å²) in [5.74, 6) is 0. The zero-order valence-electron chi connectivity index (χ0n) is 19.3. The van der Waals surface area contributed by atoms with Gasteiger partial charge in [0.05, 0.1) is 38.2 Å². The van der Waals surface area contributed by atoms with Crippen molar-refractivity contribution < 1.29 is 8.83 Å².